The van der Waals surface area contributed by atoms with Crippen molar-refractivity contribution in [1.29, 1.82) is 0 Å². The zero-order valence-electron chi connectivity index (χ0n) is 16.0. The van der Waals surface area contributed by atoms with E-state index >= 15 is 0 Å². The number of nitrogens with zero attached hydrogens (tertiary/aromatic N) is 3. The predicted octanol–water partition coefficient (Wildman–Crippen LogP) is 3.76. The van der Waals surface area contributed by atoms with E-state index in [-0.39, 0.29) is 30.2 Å². The van der Waals surface area contributed by atoms with Crippen molar-refractivity contribution in [2.75, 3.05) is 19.6 Å². The lowest BCUT2D eigenvalue weighted by molar-refractivity contribution is 0.0635. The first-order chi connectivity index (χ1) is 13.6. The summed E-state index contributed by atoms with van der Waals surface area (Å²) in [6, 6.07) is 8.13. The summed E-state index contributed by atoms with van der Waals surface area (Å²) in [6.07, 6.45) is 2.16. The molecule has 0 bridgehead atoms. The zero-order chi connectivity index (χ0) is 19.3. The van der Waals surface area contributed by atoms with Crippen LogP contribution >= 0.6 is 12.4 Å². The first kappa shape index (κ1) is 19.8. The number of hydrogen-bond acceptors (Lipinski definition) is 5. The molecule has 5 rings (SSSR count). The van der Waals surface area contributed by atoms with Crippen LogP contribution < -0.4 is 5.32 Å². The van der Waals surface area contributed by atoms with Gasteiger partial charge in [0.25, 0.3) is 11.6 Å². The quantitative estimate of drug-likeness (QED) is 0.704. The molecule has 29 heavy (non-hydrogen) atoms. The molecule has 1 atom stereocenters. The fourth-order valence-electron chi connectivity index (χ4n) is 3.98. The molecule has 2 aromatic heterocycles. The first-order valence-electron chi connectivity index (χ1n) is 9.66. The second kappa shape index (κ2) is 7.72. The Hall–Kier alpha value is -2.51. The minimum atomic E-state index is -0.298. The monoisotopic (exact) mass is 416 g/mol. The third-order valence-electron chi connectivity index (χ3n) is 5.60. The Bertz CT molecular complexity index is 1070. The largest absolute Gasteiger partial charge is 0.336 e. The lowest BCUT2D eigenvalue weighted by Gasteiger charge is -2.36. The normalized spacial score (nSPS) is 19.2. The molecule has 1 saturated heterocycles. The number of pyridine rings is 1. The average Bonchev–Trinajstić information content (AvgIpc) is 3.50. The molecular weight excluding hydrogens is 395 g/mol. The highest BCUT2D eigenvalue weighted by Crippen LogP contribution is 2.41. The summed E-state index contributed by atoms with van der Waals surface area (Å²) >= 11 is 0. The second-order valence-corrected chi connectivity index (χ2v) is 7.59. The van der Waals surface area contributed by atoms with Crippen LogP contribution in [0, 0.1) is 12.7 Å². The van der Waals surface area contributed by atoms with Crippen LogP contribution in [0.5, 0.6) is 0 Å². The lowest BCUT2D eigenvalue weighted by Crippen LogP contribution is -2.48. The van der Waals surface area contributed by atoms with Crippen molar-refractivity contribution >= 4 is 29.4 Å². The summed E-state index contributed by atoms with van der Waals surface area (Å²) in [7, 11) is 0. The maximum atomic E-state index is 13.8. The number of halogens is 2. The summed E-state index contributed by atoms with van der Waals surface area (Å²) in [4.78, 5) is 20.0. The Kier molecular flexibility index (Phi) is 5.27. The van der Waals surface area contributed by atoms with Gasteiger partial charge in [-0.2, -0.15) is 0 Å². The number of piperazine rings is 1. The number of rotatable bonds is 3. The van der Waals surface area contributed by atoms with Crippen LogP contribution in [-0.4, -0.2) is 40.6 Å². The third-order valence-corrected chi connectivity index (χ3v) is 5.60. The second-order valence-electron chi connectivity index (χ2n) is 7.59. The smallest absolute Gasteiger partial charge is 0.259 e. The van der Waals surface area contributed by atoms with Crippen LogP contribution in [0.1, 0.15) is 52.1 Å². The number of benzene rings is 1. The van der Waals surface area contributed by atoms with Crippen LogP contribution in [-0.2, 0) is 0 Å². The number of hydrogen-bond donors (Lipinski definition) is 1. The first-order valence-corrected chi connectivity index (χ1v) is 9.66. The van der Waals surface area contributed by atoms with E-state index in [2.05, 4.69) is 15.5 Å². The van der Waals surface area contributed by atoms with E-state index in [1.807, 2.05) is 24.0 Å². The van der Waals surface area contributed by atoms with Gasteiger partial charge in [0.05, 0.1) is 22.7 Å². The Morgan fingerprint density at radius 1 is 1.31 bits per heavy atom. The molecule has 2 aliphatic rings. The molecule has 3 aromatic rings. The van der Waals surface area contributed by atoms with Gasteiger partial charge in [-0.15, -0.1) is 12.4 Å². The van der Waals surface area contributed by atoms with Gasteiger partial charge in [0.2, 0.25) is 0 Å². The van der Waals surface area contributed by atoms with E-state index in [0.29, 0.717) is 47.9 Å². The molecule has 152 valence electrons. The molecule has 6 nitrogen and oxygen atoms in total. The summed E-state index contributed by atoms with van der Waals surface area (Å²) in [5.74, 6) is 0.00688. The highest BCUT2D eigenvalue weighted by Gasteiger charge is 2.33. The molecule has 1 N–H and O–H groups in total. The van der Waals surface area contributed by atoms with Crippen molar-refractivity contribution in [2.24, 2.45) is 0 Å². The summed E-state index contributed by atoms with van der Waals surface area (Å²) in [6.45, 7) is 3.65. The number of fused-ring (bicyclic) bond motifs is 1. The SMILES string of the molecule is Cc1noc2nc(C3CC3)cc(C(=O)N3CCNCC3c3cccc(F)c3)c12.Cl. The van der Waals surface area contributed by atoms with Gasteiger partial charge in [-0.1, -0.05) is 17.3 Å². The Labute approximate surface area is 173 Å². The Morgan fingerprint density at radius 2 is 2.14 bits per heavy atom. The van der Waals surface area contributed by atoms with E-state index < -0.39 is 0 Å². The van der Waals surface area contributed by atoms with Crippen molar-refractivity contribution < 1.29 is 13.7 Å². The minimum absolute atomic E-state index is 0. The van der Waals surface area contributed by atoms with Crippen molar-refractivity contribution in [3.8, 4) is 0 Å². The molecule has 0 spiro atoms. The predicted molar refractivity (Wildman–Crippen MR) is 109 cm³/mol. The average molecular weight is 417 g/mol. The fourth-order valence-corrected chi connectivity index (χ4v) is 3.98. The third kappa shape index (κ3) is 3.60. The molecule has 3 heterocycles. The maximum Gasteiger partial charge on any atom is 0.259 e. The van der Waals surface area contributed by atoms with E-state index in [4.69, 9.17) is 4.52 Å². The van der Waals surface area contributed by atoms with E-state index in [1.54, 1.807) is 6.07 Å². The topological polar surface area (TPSA) is 71.3 Å². The molecule has 8 heteroatoms. The highest BCUT2D eigenvalue weighted by atomic mass is 35.5. The zero-order valence-corrected chi connectivity index (χ0v) is 16.8. The van der Waals surface area contributed by atoms with Crippen molar-refractivity contribution in [3.63, 3.8) is 0 Å². The Balaban J connectivity index is 0.00000205. The number of aryl methyl sites for hydroxylation is 1. The molecular formula is C21H22ClFN4O2. The highest BCUT2D eigenvalue weighted by molar-refractivity contribution is 6.06. The number of carbonyl (C=O) groups excluding carboxylic acids is 1. The van der Waals surface area contributed by atoms with Gasteiger partial charge in [0, 0.05) is 31.2 Å². The molecule has 1 unspecified atom stereocenters. The van der Waals surface area contributed by atoms with Crippen molar-refractivity contribution in [3.05, 3.63) is 58.7 Å². The standard InChI is InChI=1S/C21H21FN4O2.ClH/c1-12-19-16(10-17(13-5-6-13)24-20(19)28-25-12)21(27)26-8-7-23-11-18(26)14-3-2-4-15(22)9-14;/h2-4,9-10,13,18,23H,5-8,11H2,1H3;1H. The summed E-state index contributed by atoms with van der Waals surface area (Å²) in [5.41, 5.74) is 3.34. The summed E-state index contributed by atoms with van der Waals surface area (Å²) in [5, 5.41) is 8.01. The molecule has 1 aromatic carbocycles. The molecule has 1 saturated carbocycles. The van der Waals surface area contributed by atoms with Gasteiger partial charge < -0.3 is 14.7 Å². The van der Waals surface area contributed by atoms with Crippen LogP contribution in [0.4, 0.5) is 4.39 Å². The van der Waals surface area contributed by atoms with Crippen LogP contribution in [0.25, 0.3) is 11.1 Å². The summed E-state index contributed by atoms with van der Waals surface area (Å²) < 4.78 is 19.2. The fraction of sp³-hybridized carbons (Fsp3) is 0.381. The van der Waals surface area contributed by atoms with E-state index in [1.165, 1.54) is 12.1 Å². The van der Waals surface area contributed by atoms with Gasteiger partial charge >= 0.3 is 0 Å². The van der Waals surface area contributed by atoms with Crippen LogP contribution in [0.3, 0.4) is 0 Å². The number of amides is 1. The molecule has 0 radical (unpaired) electrons. The van der Waals surface area contributed by atoms with Crippen molar-refractivity contribution in [1.82, 2.24) is 20.4 Å². The molecule has 1 aliphatic carbocycles. The van der Waals surface area contributed by atoms with Gasteiger partial charge in [0.15, 0.2) is 0 Å². The van der Waals surface area contributed by atoms with Crippen molar-refractivity contribution in [2.45, 2.75) is 31.7 Å². The lowest BCUT2D eigenvalue weighted by atomic mass is 10.0. The molecule has 1 amide bonds. The Morgan fingerprint density at radius 3 is 2.90 bits per heavy atom. The number of aromatic nitrogens is 2. The van der Waals surface area contributed by atoms with E-state index in [0.717, 1.165) is 24.1 Å². The minimum Gasteiger partial charge on any atom is -0.336 e. The van der Waals surface area contributed by atoms with Gasteiger partial charge in [0.1, 0.15) is 5.82 Å². The molecule has 2 fully saturated rings. The van der Waals surface area contributed by atoms with E-state index in [9.17, 15) is 9.18 Å². The van der Waals surface area contributed by atoms with Crippen LogP contribution in [0.15, 0.2) is 34.9 Å². The number of nitrogens with one attached hydrogen (secondary N) is 1. The maximum absolute atomic E-state index is 13.8. The van der Waals surface area contributed by atoms with Gasteiger partial charge in [-0.05, 0) is 43.5 Å². The molecule has 1 aliphatic heterocycles. The van der Waals surface area contributed by atoms with Gasteiger partial charge in [-0.3, -0.25) is 4.79 Å². The number of carbonyl (C=O) groups is 1. The van der Waals surface area contributed by atoms with Gasteiger partial charge in [-0.25, -0.2) is 9.37 Å². The van der Waals surface area contributed by atoms with Crippen LogP contribution in [0.2, 0.25) is 0 Å².